The molecular formula is C29H37NO. The van der Waals surface area contributed by atoms with Crippen molar-refractivity contribution in [2.24, 2.45) is 0 Å². The van der Waals surface area contributed by atoms with Crippen molar-refractivity contribution in [3.8, 4) is 5.69 Å². The molecule has 0 aliphatic carbocycles. The monoisotopic (exact) mass is 415 g/mol. The molecule has 0 saturated heterocycles. The van der Waals surface area contributed by atoms with Crippen LogP contribution in [0, 0.1) is 6.92 Å². The number of fused-ring (bicyclic) bond motifs is 1. The van der Waals surface area contributed by atoms with Gasteiger partial charge in [0, 0.05) is 22.3 Å². The Kier molecular flexibility index (Phi) is 8.70. The van der Waals surface area contributed by atoms with Crippen molar-refractivity contribution in [3.63, 3.8) is 0 Å². The predicted octanol–water partition coefficient (Wildman–Crippen LogP) is 7.93. The summed E-state index contributed by atoms with van der Waals surface area (Å²) in [6.07, 6.45) is 12.8. The molecule has 0 unspecified atom stereocenters. The van der Waals surface area contributed by atoms with Crippen molar-refractivity contribution in [2.75, 3.05) is 0 Å². The Hall–Kier alpha value is -2.61. The number of hydrogen-bond donors (Lipinski definition) is 0. The quantitative estimate of drug-likeness (QED) is 0.230. The van der Waals surface area contributed by atoms with Crippen molar-refractivity contribution in [3.05, 3.63) is 87.7 Å². The number of nitrogens with zero attached hydrogens (tertiary/aromatic N) is 1. The lowest BCUT2D eigenvalue weighted by molar-refractivity contribution is 0.691. The third-order valence-electron chi connectivity index (χ3n) is 6.20. The fraction of sp³-hybridized carbons (Fsp3) is 0.414. The molecule has 164 valence electrons. The summed E-state index contributed by atoms with van der Waals surface area (Å²) < 4.78 is 2.26. The van der Waals surface area contributed by atoms with Gasteiger partial charge in [-0.2, -0.15) is 0 Å². The van der Waals surface area contributed by atoms with Gasteiger partial charge < -0.3 is 4.57 Å². The van der Waals surface area contributed by atoms with Crippen molar-refractivity contribution in [2.45, 2.75) is 78.6 Å². The lowest BCUT2D eigenvalue weighted by Crippen LogP contribution is -2.19. The molecule has 0 amide bonds. The number of pyridine rings is 1. The second-order valence-corrected chi connectivity index (χ2v) is 8.57. The molecule has 0 aliphatic heterocycles. The van der Waals surface area contributed by atoms with E-state index in [4.69, 9.17) is 0 Å². The molecule has 2 nitrogen and oxygen atoms in total. The molecule has 31 heavy (non-hydrogen) atoms. The number of para-hydroxylation sites is 2. The second-order valence-electron chi connectivity index (χ2n) is 8.57. The van der Waals surface area contributed by atoms with Gasteiger partial charge in [0.1, 0.15) is 0 Å². The number of allylic oxidation sites excluding steroid dienone is 2. The number of hydrogen-bond acceptors (Lipinski definition) is 1. The third-order valence-corrected chi connectivity index (χ3v) is 6.20. The molecule has 0 spiro atoms. The number of aromatic nitrogens is 1. The zero-order valence-corrected chi connectivity index (χ0v) is 19.5. The highest BCUT2D eigenvalue weighted by Crippen LogP contribution is 2.24. The van der Waals surface area contributed by atoms with Crippen molar-refractivity contribution < 1.29 is 0 Å². The van der Waals surface area contributed by atoms with Crippen LogP contribution in [0.2, 0.25) is 0 Å². The van der Waals surface area contributed by atoms with E-state index < -0.39 is 0 Å². The maximum absolute atomic E-state index is 13.5. The fourth-order valence-corrected chi connectivity index (χ4v) is 4.41. The van der Waals surface area contributed by atoms with Crippen molar-refractivity contribution in [1.29, 1.82) is 0 Å². The van der Waals surface area contributed by atoms with E-state index in [-0.39, 0.29) is 5.43 Å². The highest BCUT2D eigenvalue weighted by molar-refractivity contribution is 5.82. The smallest absolute Gasteiger partial charge is 0.193 e. The van der Waals surface area contributed by atoms with Gasteiger partial charge >= 0.3 is 0 Å². The maximum atomic E-state index is 13.5. The summed E-state index contributed by atoms with van der Waals surface area (Å²) in [5, 5.41) is 0.811. The minimum Gasteiger partial charge on any atom is -0.313 e. The van der Waals surface area contributed by atoms with E-state index in [1.54, 1.807) is 0 Å². The average Bonchev–Trinajstić information content (AvgIpc) is 2.80. The van der Waals surface area contributed by atoms with E-state index in [0.29, 0.717) is 0 Å². The van der Waals surface area contributed by atoms with Gasteiger partial charge in [0.15, 0.2) is 5.43 Å². The summed E-state index contributed by atoms with van der Waals surface area (Å²) in [6.45, 7) is 6.60. The minimum atomic E-state index is 0.190. The van der Waals surface area contributed by atoms with Gasteiger partial charge in [-0.05, 0) is 63.3 Å². The zero-order chi connectivity index (χ0) is 22.1. The summed E-state index contributed by atoms with van der Waals surface area (Å²) in [6, 6.07) is 18.4. The Morgan fingerprint density at radius 1 is 0.871 bits per heavy atom. The Bertz CT molecular complexity index is 1060. The Morgan fingerprint density at radius 2 is 1.55 bits per heavy atom. The molecule has 0 radical (unpaired) electrons. The molecule has 2 heteroatoms. The Balaban J connectivity index is 2.06. The lowest BCUT2D eigenvalue weighted by atomic mass is 9.95. The number of benzene rings is 2. The van der Waals surface area contributed by atoms with Crippen LogP contribution in [0.15, 0.2) is 71.0 Å². The standard InChI is InChI=1S/C29H37NO/c1-4-6-8-11-17-24(16-10-7-5-2)22-27-23(3)30(25-18-12-9-13-19-25)28-21-15-14-20-26(28)29(27)31/h9,12-15,17-21H,4-8,10-11,16,22H2,1-3H3. The number of unbranched alkanes of at least 4 members (excludes halogenated alkanes) is 5. The van der Waals surface area contributed by atoms with Gasteiger partial charge in [-0.25, -0.2) is 0 Å². The first-order chi connectivity index (χ1) is 15.2. The van der Waals surface area contributed by atoms with Gasteiger partial charge in [-0.1, -0.05) is 81.5 Å². The van der Waals surface area contributed by atoms with E-state index in [1.165, 1.54) is 44.1 Å². The molecule has 2 aromatic carbocycles. The molecule has 0 N–H and O–H groups in total. The van der Waals surface area contributed by atoms with Crippen LogP contribution in [-0.2, 0) is 6.42 Å². The van der Waals surface area contributed by atoms with Crippen LogP contribution in [0.1, 0.15) is 76.5 Å². The van der Waals surface area contributed by atoms with Gasteiger partial charge in [0.25, 0.3) is 0 Å². The first kappa shape index (κ1) is 23.1. The molecule has 1 heterocycles. The third kappa shape index (κ3) is 5.76. The lowest BCUT2D eigenvalue weighted by Gasteiger charge is -2.19. The summed E-state index contributed by atoms with van der Waals surface area (Å²) in [4.78, 5) is 13.5. The normalized spacial score (nSPS) is 11.9. The molecule has 0 atom stereocenters. The summed E-state index contributed by atoms with van der Waals surface area (Å²) in [5.74, 6) is 0. The second kappa shape index (κ2) is 11.7. The first-order valence-corrected chi connectivity index (χ1v) is 12.0. The van der Waals surface area contributed by atoms with Crippen LogP contribution in [0.25, 0.3) is 16.6 Å². The molecule has 0 bridgehead atoms. The Labute approximate surface area is 187 Å². The zero-order valence-electron chi connectivity index (χ0n) is 19.5. The van der Waals surface area contributed by atoms with Gasteiger partial charge in [-0.3, -0.25) is 4.79 Å². The van der Waals surface area contributed by atoms with Gasteiger partial charge in [-0.15, -0.1) is 0 Å². The maximum Gasteiger partial charge on any atom is 0.193 e. The van der Waals surface area contributed by atoms with E-state index in [2.05, 4.69) is 61.7 Å². The predicted molar refractivity (Wildman–Crippen MR) is 134 cm³/mol. The fourth-order valence-electron chi connectivity index (χ4n) is 4.41. The molecular weight excluding hydrogens is 378 g/mol. The van der Waals surface area contributed by atoms with E-state index in [9.17, 15) is 4.79 Å². The minimum absolute atomic E-state index is 0.190. The molecule has 0 saturated carbocycles. The van der Waals surface area contributed by atoms with Crippen LogP contribution in [0.4, 0.5) is 0 Å². The molecule has 3 rings (SSSR count). The first-order valence-electron chi connectivity index (χ1n) is 12.0. The summed E-state index contributed by atoms with van der Waals surface area (Å²) in [5.41, 5.74) is 5.72. The van der Waals surface area contributed by atoms with Crippen molar-refractivity contribution >= 4 is 10.9 Å². The van der Waals surface area contributed by atoms with Gasteiger partial charge in [0.2, 0.25) is 0 Å². The van der Waals surface area contributed by atoms with Crippen LogP contribution >= 0.6 is 0 Å². The van der Waals surface area contributed by atoms with Crippen LogP contribution in [-0.4, -0.2) is 4.57 Å². The summed E-state index contributed by atoms with van der Waals surface area (Å²) in [7, 11) is 0. The molecule has 1 aromatic heterocycles. The number of rotatable bonds is 11. The SMILES string of the molecule is CCCCCC=C(CCCCC)Cc1c(C)n(-c2ccccc2)c2ccccc2c1=O. The average molecular weight is 416 g/mol. The Morgan fingerprint density at radius 3 is 2.29 bits per heavy atom. The van der Waals surface area contributed by atoms with Crippen LogP contribution < -0.4 is 5.43 Å². The summed E-state index contributed by atoms with van der Waals surface area (Å²) >= 11 is 0. The highest BCUT2D eigenvalue weighted by atomic mass is 16.1. The van der Waals surface area contributed by atoms with Crippen LogP contribution in [0.3, 0.4) is 0 Å². The van der Waals surface area contributed by atoms with Gasteiger partial charge in [0.05, 0.1) is 5.52 Å². The van der Waals surface area contributed by atoms with Crippen molar-refractivity contribution in [1.82, 2.24) is 4.57 Å². The van der Waals surface area contributed by atoms with Crippen LogP contribution in [0.5, 0.6) is 0 Å². The molecule has 3 aromatic rings. The van der Waals surface area contributed by atoms with E-state index in [0.717, 1.165) is 47.1 Å². The van der Waals surface area contributed by atoms with E-state index >= 15 is 0 Å². The molecule has 0 fully saturated rings. The van der Waals surface area contributed by atoms with E-state index in [1.807, 2.05) is 24.3 Å². The largest absolute Gasteiger partial charge is 0.313 e. The topological polar surface area (TPSA) is 22.0 Å². The molecule has 0 aliphatic rings. The highest BCUT2D eigenvalue weighted by Gasteiger charge is 2.16.